The maximum atomic E-state index is 5.94. The summed E-state index contributed by atoms with van der Waals surface area (Å²) in [5.41, 5.74) is 7.23. The highest BCUT2D eigenvalue weighted by atomic mass is 15.2. The minimum Gasteiger partial charge on any atom is -0.333 e. The maximum Gasteiger partial charge on any atom is 0.0948 e. The van der Waals surface area contributed by atoms with Crippen molar-refractivity contribution in [1.29, 1.82) is 0 Å². The summed E-state index contributed by atoms with van der Waals surface area (Å²) < 4.78 is 2.29. The highest BCUT2D eigenvalue weighted by molar-refractivity contribution is 5.08. The summed E-state index contributed by atoms with van der Waals surface area (Å²) in [6.45, 7) is 7.29. The van der Waals surface area contributed by atoms with Crippen LogP contribution in [-0.2, 0) is 6.54 Å². The molecule has 1 heterocycles. The predicted octanol–water partition coefficient (Wildman–Crippen LogP) is 2.46. The molecule has 0 aliphatic heterocycles. The summed E-state index contributed by atoms with van der Waals surface area (Å²) in [7, 11) is 2.26. The van der Waals surface area contributed by atoms with E-state index in [9.17, 15) is 0 Å². The van der Waals surface area contributed by atoms with Crippen LogP contribution in [0.25, 0.3) is 0 Å². The number of hydrogen-bond donors (Lipinski definition) is 1. The van der Waals surface area contributed by atoms with Crippen molar-refractivity contribution in [3.8, 4) is 0 Å². The zero-order chi connectivity index (χ0) is 14.5. The Hall–Kier alpha value is -0.870. The normalized spacial score (nSPS) is 18.3. The molecule has 20 heavy (non-hydrogen) atoms. The molecular weight excluding hydrogens is 248 g/mol. The third-order valence-electron chi connectivity index (χ3n) is 4.82. The smallest absolute Gasteiger partial charge is 0.0948 e. The first-order valence-corrected chi connectivity index (χ1v) is 8.03. The molecule has 1 saturated carbocycles. The van der Waals surface area contributed by atoms with Gasteiger partial charge < -0.3 is 15.2 Å². The van der Waals surface area contributed by atoms with E-state index in [1.54, 1.807) is 0 Å². The largest absolute Gasteiger partial charge is 0.333 e. The van der Waals surface area contributed by atoms with E-state index in [1.165, 1.54) is 31.4 Å². The van der Waals surface area contributed by atoms with E-state index < -0.39 is 0 Å². The number of rotatable bonds is 7. The first-order valence-electron chi connectivity index (χ1n) is 8.03. The lowest BCUT2D eigenvalue weighted by Crippen LogP contribution is -2.32. The van der Waals surface area contributed by atoms with E-state index in [2.05, 4.69) is 35.3 Å². The Morgan fingerprint density at radius 2 is 2.10 bits per heavy atom. The van der Waals surface area contributed by atoms with E-state index in [0.29, 0.717) is 18.4 Å². The molecule has 2 N–H and O–H groups in total. The van der Waals surface area contributed by atoms with Gasteiger partial charge in [-0.25, -0.2) is 4.98 Å². The number of aromatic nitrogens is 2. The maximum absolute atomic E-state index is 5.94. The summed E-state index contributed by atoms with van der Waals surface area (Å²) in [5, 5.41) is 0. The Labute approximate surface area is 123 Å². The van der Waals surface area contributed by atoms with Crippen molar-refractivity contribution in [2.75, 3.05) is 20.1 Å². The summed E-state index contributed by atoms with van der Waals surface area (Å²) >= 11 is 0. The molecule has 0 radical (unpaired) electrons. The van der Waals surface area contributed by atoms with Crippen LogP contribution >= 0.6 is 0 Å². The molecule has 0 saturated heterocycles. The second kappa shape index (κ2) is 7.23. The van der Waals surface area contributed by atoms with Crippen LogP contribution in [0.3, 0.4) is 0 Å². The number of hydrogen-bond acceptors (Lipinski definition) is 3. The number of likely N-dealkylation sites (N-methyl/N-ethyl adjacent to an activating group) is 1. The van der Waals surface area contributed by atoms with Gasteiger partial charge in [-0.15, -0.1) is 0 Å². The topological polar surface area (TPSA) is 47.1 Å². The number of nitrogens with zero attached hydrogens (tertiary/aromatic N) is 3. The minimum absolute atomic E-state index is 0.411. The van der Waals surface area contributed by atoms with E-state index in [1.807, 2.05) is 12.5 Å². The second-order valence-electron chi connectivity index (χ2n) is 6.52. The molecule has 4 nitrogen and oxygen atoms in total. The standard InChI is InChI=1S/C16H30N4/c1-13(2)15(10-17)16-11-18-12-20(16)9-8-19(3)14-6-4-5-7-14/h11-15H,4-10,17H2,1-3H3. The molecule has 1 aliphatic carbocycles. The second-order valence-corrected chi connectivity index (χ2v) is 6.52. The third-order valence-corrected chi connectivity index (χ3v) is 4.82. The zero-order valence-corrected chi connectivity index (χ0v) is 13.3. The van der Waals surface area contributed by atoms with Crippen molar-refractivity contribution in [2.45, 2.75) is 58.0 Å². The van der Waals surface area contributed by atoms with Crippen molar-refractivity contribution < 1.29 is 0 Å². The summed E-state index contributed by atoms with van der Waals surface area (Å²) in [5.74, 6) is 0.970. The molecule has 1 fully saturated rings. The molecule has 0 bridgehead atoms. The fourth-order valence-corrected chi connectivity index (χ4v) is 3.35. The van der Waals surface area contributed by atoms with Crippen LogP contribution in [0, 0.1) is 5.92 Å². The monoisotopic (exact) mass is 278 g/mol. The summed E-state index contributed by atoms with van der Waals surface area (Å²) in [6, 6.07) is 0.789. The van der Waals surface area contributed by atoms with Crippen molar-refractivity contribution in [2.24, 2.45) is 11.7 Å². The first-order chi connectivity index (χ1) is 9.63. The van der Waals surface area contributed by atoms with Gasteiger partial charge in [-0.05, 0) is 25.8 Å². The Morgan fingerprint density at radius 3 is 2.70 bits per heavy atom. The number of nitrogens with two attached hydrogens (primary N) is 1. The van der Waals surface area contributed by atoms with Crippen LogP contribution in [-0.4, -0.2) is 40.6 Å². The van der Waals surface area contributed by atoms with E-state index in [0.717, 1.165) is 19.1 Å². The van der Waals surface area contributed by atoms with Crippen LogP contribution in [0.1, 0.15) is 51.1 Å². The average molecular weight is 278 g/mol. The molecule has 2 rings (SSSR count). The molecule has 4 heteroatoms. The van der Waals surface area contributed by atoms with Crippen LogP contribution in [0.4, 0.5) is 0 Å². The molecule has 0 aromatic carbocycles. The SMILES string of the molecule is CC(C)C(CN)c1cncn1CCN(C)C1CCCC1. The molecule has 114 valence electrons. The van der Waals surface area contributed by atoms with Crippen molar-refractivity contribution in [3.63, 3.8) is 0 Å². The number of imidazole rings is 1. The van der Waals surface area contributed by atoms with Gasteiger partial charge in [0.25, 0.3) is 0 Å². The van der Waals surface area contributed by atoms with Gasteiger partial charge in [-0.3, -0.25) is 0 Å². The zero-order valence-electron chi connectivity index (χ0n) is 13.3. The van der Waals surface area contributed by atoms with Gasteiger partial charge in [-0.1, -0.05) is 26.7 Å². The first kappa shape index (κ1) is 15.5. The molecule has 1 unspecified atom stereocenters. The van der Waals surface area contributed by atoms with Crippen LogP contribution in [0.2, 0.25) is 0 Å². The lowest BCUT2D eigenvalue weighted by molar-refractivity contribution is 0.234. The Bertz CT molecular complexity index is 393. The van der Waals surface area contributed by atoms with Gasteiger partial charge in [-0.2, -0.15) is 0 Å². The predicted molar refractivity (Wildman–Crippen MR) is 83.7 cm³/mol. The van der Waals surface area contributed by atoms with E-state index >= 15 is 0 Å². The lowest BCUT2D eigenvalue weighted by Gasteiger charge is -2.26. The highest BCUT2D eigenvalue weighted by Crippen LogP contribution is 2.24. The van der Waals surface area contributed by atoms with Crippen molar-refractivity contribution in [1.82, 2.24) is 14.5 Å². The quantitative estimate of drug-likeness (QED) is 0.833. The molecule has 1 aliphatic rings. The molecule has 0 spiro atoms. The van der Waals surface area contributed by atoms with Crippen molar-refractivity contribution >= 4 is 0 Å². The Kier molecular flexibility index (Phi) is 5.61. The summed E-state index contributed by atoms with van der Waals surface area (Å²) in [6.07, 6.45) is 9.48. The van der Waals surface area contributed by atoms with Gasteiger partial charge in [0.1, 0.15) is 0 Å². The molecule has 1 aromatic heterocycles. The van der Waals surface area contributed by atoms with Crippen LogP contribution < -0.4 is 5.73 Å². The van der Waals surface area contributed by atoms with Gasteiger partial charge in [0, 0.05) is 43.5 Å². The minimum atomic E-state index is 0.411. The van der Waals surface area contributed by atoms with E-state index in [4.69, 9.17) is 5.73 Å². The fourth-order valence-electron chi connectivity index (χ4n) is 3.35. The Balaban J connectivity index is 1.94. The third kappa shape index (κ3) is 3.61. The summed E-state index contributed by atoms with van der Waals surface area (Å²) in [4.78, 5) is 6.86. The molecular formula is C16H30N4. The van der Waals surface area contributed by atoms with Crippen LogP contribution in [0.15, 0.2) is 12.5 Å². The Morgan fingerprint density at radius 1 is 1.40 bits per heavy atom. The van der Waals surface area contributed by atoms with Gasteiger partial charge >= 0.3 is 0 Å². The van der Waals surface area contributed by atoms with Crippen LogP contribution in [0.5, 0.6) is 0 Å². The molecule has 0 amide bonds. The highest BCUT2D eigenvalue weighted by Gasteiger charge is 2.21. The van der Waals surface area contributed by atoms with Gasteiger partial charge in [0.15, 0.2) is 0 Å². The average Bonchev–Trinajstić information content (AvgIpc) is 3.08. The lowest BCUT2D eigenvalue weighted by atomic mass is 9.93. The molecule has 1 atom stereocenters. The fraction of sp³-hybridized carbons (Fsp3) is 0.812. The molecule has 1 aromatic rings. The van der Waals surface area contributed by atoms with Gasteiger partial charge in [0.2, 0.25) is 0 Å². The van der Waals surface area contributed by atoms with Gasteiger partial charge in [0.05, 0.1) is 6.33 Å². The van der Waals surface area contributed by atoms with E-state index in [-0.39, 0.29) is 0 Å². The van der Waals surface area contributed by atoms with Crippen molar-refractivity contribution in [3.05, 3.63) is 18.2 Å².